The second-order valence-corrected chi connectivity index (χ2v) is 3.54. The molecule has 4 nitrogen and oxygen atoms in total. The van der Waals surface area contributed by atoms with Crippen LogP contribution in [-0.2, 0) is 11.4 Å². The largest absolute Gasteiger partial charge is 0.479 e. The van der Waals surface area contributed by atoms with E-state index in [1.807, 2.05) is 6.92 Å². The Morgan fingerprint density at radius 3 is 2.44 bits per heavy atom. The molecule has 0 heterocycles. The van der Waals surface area contributed by atoms with Gasteiger partial charge < -0.3 is 14.9 Å². The van der Waals surface area contributed by atoms with Crippen molar-refractivity contribution in [2.75, 3.05) is 0 Å². The van der Waals surface area contributed by atoms with Crippen LogP contribution in [0.5, 0.6) is 5.75 Å². The molecular weight excluding hydrogens is 208 g/mol. The number of carboxylic acid groups (broad SMARTS) is 1. The highest BCUT2D eigenvalue weighted by atomic mass is 16.5. The summed E-state index contributed by atoms with van der Waals surface area (Å²) >= 11 is 0. The number of hydrogen-bond acceptors (Lipinski definition) is 3. The molecule has 2 N–H and O–H groups in total. The lowest BCUT2D eigenvalue weighted by Gasteiger charge is -2.14. The third-order valence-corrected chi connectivity index (χ3v) is 2.21. The molecule has 0 aliphatic heterocycles. The van der Waals surface area contributed by atoms with Gasteiger partial charge in [-0.3, -0.25) is 0 Å². The molecule has 1 aromatic carbocycles. The van der Waals surface area contributed by atoms with E-state index in [1.165, 1.54) is 0 Å². The molecule has 88 valence electrons. The van der Waals surface area contributed by atoms with Crippen LogP contribution in [0.2, 0.25) is 0 Å². The summed E-state index contributed by atoms with van der Waals surface area (Å²) in [5, 5.41) is 17.7. The van der Waals surface area contributed by atoms with Gasteiger partial charge >= 0.3 is 5.97 Å². The van der Waals surface area contributed by atoms with Crippen LogP contribution in [-0.4, -0.2) is 22.3 Å². The van der Waals surface area contributed by atoms with Crippen molar-refractivity contribution in [2.24, 2.45) is 0 Å². The van der Waals surface area contributed by atoms with Crippen molar-refractivity contribution in [3.8, 4) is 5.75 Å². The zero-order valence-electron chi connectivity index (χ0n) is 9.22. The molecule has 0 spiro atoms. The zero-order chi connectivity index (χ0) is 12.0. The lowest BCUT2D eigenvalue weighted by molar-refractivity contribution is -0.145. The van der Waals surface area contributed by atoms with E-state index in [1.54, 1.807) is 24.3 Å². The molecule has 1 aromatic rings. The molecular formula is C12H16O4. The molecule has 4 heteroatoms. The first-order valence-electron chi connectivity index (χ1n) is 5.26. The molecule has 1 atom stereocenters. The predicted octanol–water partition coefficient (Wildman–Crippen LogP) is 1.81. The summed E-state index contributed by atoms with van der Waals surface area (Å²) in [6, 6.07) is 6.74. The number of aliphatic hydroxyl groups excluding tert-OH is 1. The Bertz CT molecular complexity index is 331. The van der Waals surface area contributed by atoms with Crippen LogP contribution in [0.4, 0.5) is 0 Å². The van der Waals surface area contributed by atoms with Gasteiger partial charge in [0.1, 0.15) is 5.75 Å². The Morgan fingerprint density at radius 2 is 2.00 bits per heavy atom. The van der Waals surface area contributed by atoms with E-state index in [0.717, 1.165) is 12.0 Å². The second kappa shape index (κ2) is 6.12. The van der Waals surface area contributed by atoms with Crippen molar-refractivity contribution < 1.29 is 19.7 Å². The molecule has 0 amide bonds. The van der Waals surface area contributed by atoms with Crippen LogP contribution >= 0.6 is 0 Å². The number of aliphatic carboxylic acids is 1. The average molecular weight is 224 g/mol. The normalized spacial score (nSPS) is 12.1. The minimum absolute atomic E-state index is 0.0302. The van der Waals surface area contributed by atoms with Crippen LogP contribution in [0.15, 0.2) is 24.3 Å². The molecule has 0 fully saturated rings. The van der Waals surface area contributed by atoms with Gasteiger partial charge in [0.05, 0.1) is 6.61 Å². The minimum atomic E-state index is -0.951. The number of benzene rings is 1. The monoisotopic (exact) mass is 224 g/mol. The van der Waals surface area contributed by atoms with Gasteiger partial charge in [-0.05, 0) is 24.1 Å². The molecule has 0 radical (unpaired) electrons. The fraction of sp³-hybridized carbons (Fsp3) is 0.417. The first-order valence-corrected chi connectivity index (χ1v) is 5.26. The predicted molar refractivity (Wildman–Crippen MR) is 59.3 cm³/mol. The summed E-state index contributed by atoms with van der Waals surface area (Å²) in [4.78, 5) is 10.9. The lowest BCUT2D eigenvalue weighted by Crippen LogP contribution is -2.26. The standard InChI is InChI=1S/C12H16O4/c1-2-3-11(12(14)15)16-10-6-4-9(8-13)5-7-10/h4-7,11,13H,2-3,8H2,1H3,(H,14,15). The highest BCUT2D eigenvalue weighted by Crippen LogP contribution is 2.15. The third-order valence-electron chi connectivity index (χ3n) is 2.21. The Morgan fingerprint density at radius 1 is 1.38 bits per heavy atom. The third kappa shape index (κ3) is 3.55. The quantitative estimate of drug-likeness (QED) is 0.773. The van der Waals surface area contributed by atoms with Gasteiger partial charge in [0.25, 0.3) is 0 Å². The summed E-state index contributed by atoms with van der Waals surface area (Å²) < 4.78 is 5.33. The Balaban J connectivity index is 2.65. The van der Waals surface area contributed by atoms with E-state index in [2.05, 4.69) is 0 Å². The summed E-state index contributed by atoms with van der Waals surface area (Å²) in [5.74, 6) is -0.439. The molecule has 1 unspecified atom stereocenters. The van der Waals surface area contributed by atoms with Gasteiger partial charge in [-0.15, -0.1) is 0 Å². The van der Waals surface area contributed by atoms with Crippen LogP contribution < -0.4 is 4.74 Å². The maximum absolute atomic E-state index is 10.9. The van der Waals surface area contributed by atoms with Crippen molar-refractivity contribution in [1.29, 1.82) is 0 Å². The van der Waals surface area contributed by atoms with Crippen molar-refractivity contribution in [1.82, 2.24) is 0 Å². The summed E-state index contributed by atoms with van der Waals surface area (Å²) in [7, 11) is 0. The maximum atomic E-state index is 10.9. The molecule has 1 rings (SSSR count). The second-order valence-electron chi connectivity index (χ2n) is 3.54. The molecule has 0 saturated heterocycles. The molecule has 0 saturated carbocycles. The number of carboxylic acids is 1. The van der Waals surface area contributed by atoms with Gasteiger partial charge in [0, 0.05) is 0 Å². The van der Waals surface area contributed by atoms with E-state index in [-0.39, 0.29) is 6.61 Å². The summed E-state index contributed by atoms with van der Waals surface area (Å²) in [6.45, 7) is 1.88. The van der Waals surface area contributed by atoms with Gasteiger partial charge in [0.2, 0.25) is 0 Å². The van der Waals surface area contributed by atoms with E-state index < -0.39 is 12.1 Å². The van der Waals surface area contributed by atoms with Crippen molar-refractivity contribution in [3.05, 3.63) is 29.8 Å². The first-order chi connectivity index (χ1) is 7.67. The van der Waals surface area contributed by atoms with E-state index >= 15 is 0 Å². The van der Waals surface area contributed by atoms with E-state index in [0.29, 0.717) is 12.2 Å². The van der Waals surface area contributed by atoms with Gasteiger partial charge in [-0.2, -0.15) is 0 Å². The fourth-order valence-corrected chi connectivity index (χ4v) is 1.33. The topological polar surface area (TPSA) is 66.8 Å². The minimum Gasteiger partial charge on any atom is -0.479 e. The number of aliphatic hydroxyl groups is 1. The van der Waals surface area contributed by atoms with Crippen LogP contribution in [0, 0.1) is 0 Å². The molecule has 0 bridgehead atoms. The number of carbonyl (C=O) groups is 1. The first kappa shape index (κ1) is 12.5. The van der Waals surface area contributed by atoms with Gasteiger partial charge in [-0.25, -0.2) is 4.79 Å². The van der Waals surface area contributed by atoms with Crippen molar-refractivity contribution in [3.63, 3.8) is 0 Å². The SMILES string of the molecule is CCCC(Oc1ccc(CO)cc1)C(=O)O. The van der Waals surface area contributed by atoms with Crippen LogP contribution in [0.1, 0.15) is 25.3 Å². The molecule has 0 aliphatic carbocycles. The van der Waals surface area contributed by atoms with Crippen LogP contribution in [0.25, 0.3) is 0 Å². The summed E-state index contributed by atoms with van der Waals surface area (Å²) in [6.07, 6.45) is 0.438. The highest BCUT2D eigenvalue weighted by molar-refractivity contribution is 5.72. The summed E-state index contributed by atoms with van der Waals surface area (Å²) in [5.41, 5.74) is 0.773. The molecule has 0 aliphatic rings. The maximum Gasteiger partial charge on any atom is 0.344 e. The van der Waals surface area contributed by atoms with E-state index in [4.69, 9.17) is 14.9 Å². The fourth-order valence-electron chi connectivity index (χ4n) is 1.33. The molecule has 16 heavy (non-hydrogen) atoms. The molecule has 0 aromatic heterocycles. The Hall–Kier alpha value is -1.55. The van der Waals surface area contributed by atoms with Gasteiger partial charge in [0.15, 0.2) is 6.10 Å². The smallest absolute Gasteiger partial charge is 0.344 e. The Labute approximate surface area is 94.5 Å². The van der Waals surface area contributed by atoms with Crippen molar-refractivity contribution in [2.45, 2.75) is 32.5 Å². The van der Waals surface area contributed by atoms with Crippen LogP contribution in [0.3, 0.4) is 0 Å². The van der Waals surface area contributed by atoms with Crippen molar-refractivity contribution >= 4 is 5.97 Å². The highest BCUT2D eigenvalue weighted by Gasteiger charge is 2.17. The lowest BCUT2D eigenvalue weighted by atomic mass is 10.2. The Kier molecular flexibility index (Phi) is 4.79. The number of hydrogen-bond donors (Lipinski definition) is 2. The number of ether oxygens (including phenoxy) is 1. The average Bonchev–Trinajstić information content (AvgIpc) is 2.29. The van der Waals surface area contributed by atoms with E-state index in [9.17, 15) is 4.79 Å². The zero-order valence-corrected chi connectivity index (χ0v) is 9.22. The van der Waals surface area contributed by atoms with Gasteiger partial charge in [-0.1, -0.05) is 25.5 Å². The number of rotatable bonds is 6.